The van der Waals surface area contributed by atoms with E-state index in [1.165, 1.54) is 31.4 Å². The minimum atomic E-state index is -1.04. The summed E-state index contributed by atoms with van der Waals surface area (Å²) in [7, 11) is 1.24. The van der Waals surface area contributed by atoms with Gasteiger partial charge in [0.25, 0.3) is 5.91 Å². The highest BCUT2D eigenvalue weighted by Crippen LogP contribution is 2.39. The highest BCUT2D eigenvalue weighted by Gasteiger charge is 2.26. The number of methoxy groups -OCH3 is 1. The van der Waals surface area contributed by atoms with Crippen molar-refractivity contribution in [2.45, 2.75) is 12.5 Å². The first-order chi connectivity index (χ1) is 17.7. The van der Waals surface area contributed by atoms with Crippen molar-refractivity contribution in [3.8, 4) is 17.2 Å². The van der Waals surface area contributed by atoms with Crippen molar-refractivity contribution >= 4 is 69.2 Å². The summed E-state index contributed by atoms with van der Waals surface area (Å²) in [5.74, 6) is -1.25. The van der Waals surface area contributed by atoms with Gasteiger partial charge in [-0.15, -0.1) is 0 Å². The number of esters is 1. The number of hydrogen-bond acceptors (Lipinski definition) is 5. The number of pyridine rings is 1. The minimum absolute atomic E-state index is 0.0618. The molecule has 1 aromatic heterocycles. The van der Waals surface area contributed by atoms with E-state index in [2.05, 4.69) is 10.3 Å². The lowest BCUT2D eigenvalue weighted by atomic mass is 9.94. The SMILES string of the molecule is COC(=O)[C@H](Cc1ccc(-c2c(Cl)cc(C#N)cc2Cl)c2ncccc12)NC(=O)c1c(Cl)cccc1Cl. The molecule has 0 radical (unpaired) electrons. The van der Waals surface area contributed by atoms with Crippen LogP contribution in [0, 0.1) is 11.3 Å². The second kappa shape index (κ2) is 11.4. The normalized spacial score (nSPS) is 11.6. The van der Waals surface area contributed by atoms with Gasteiger partial charge >= 0.3 is 5.97 Å². The second-order valence-corrected chi connectivity index (χ2v) is 9.58. The van der Waals surface area contributed by atoms with Gasteiger partial charge in [-0.3, -0.25) is 9.78 Å². The number of carbonyl (C=O) groups is 2. The molecule has 1 heterocycles. The summed E-state index contributed by atoms with van der Waals surface area (Å²) in [6, 6.07) is 15.9. The molecule has 0 saturated carbocycles. The number of nitrogens with zero attached hydrogens (tertiary/aromatic N) is 2. The smallest absolute Gasteiger partial charge is 0.328 e. The Bertz CT molecular complexity index is 1540. The number of carbonyl (C=O) groups excluding carboxylic acids is 2. The molecule has 37 heavy (non-hydrogen) atoms. The average Bonchev–Trinajstić information content (AvgIpc) is 2.88. The molecule has 0 aliphatic carbocycles. The molecule has 1 N–H and O–H groups in total. The van der Waals surface area contributed by atoms with Crippen LogP contribution in [0.15, 0.2) is 60.8 Å². The van der Waals surface area contributed by atoms with Crippen molar-refractivity contribution < 1.29 is 14.3 Å². The van der Waals surface area contributed by atoms with Gasteiger partial charge in [-0.1, -0.05) is 70.7 Å². The van der Waals surface area contributed by atoms with Crippen molar-refractivity contribution in [2.24, 2.45) is 0 Å². The standard InChI is InChI=1S/C27H17Cl4N3O3/c1-37-27(36)22(34-26(35)24-18(28)5-2-6-19(24)29)12-15-7-8-17(25-16(15)4-3-9-33-25)23-20(30)10-14(13-32)11-21(23)31/h2-11,22H,12H2,1H3,(H,34,35)/t22-/m0/s1. The van der Waals surface area contributed by atoms with Crippen molar-refractivity contribution in [3.63, 3.8) is 0 Å². The van der Waals surface area contributed by atoms with Crippen LogP contribution in [0.2, 0.25) is 20.1 Å². The fraction of sp³-hybridized carbons (Fsp3) is 0.111. The number of amides is 1. The molecule has 0 fully saturated rings. The Morgan fingerprint density at radius 2 is 1.68 bits per heavy atom. The molecule has 10 heteroatoms. The highest BCUT2D eigenvalue weighted by atomic mass is 35.5. The fourth-order valence-corrected chi connectivity index (χ4v) is 5.27. The van der Waals surface area contributed by atoms with Gasteiger partial charge in [-0.05, 0) is 35.9 Å². The summed E-state index contributed by atoms with van der Waals surface area (Å²) in [5.41, 5.74) is 2.88. The third kappa shape index (κ3) is 5.51. The molecule has 0 saturated heterocycles. The largest absolute Gasteiger partial charge is 0.467 e. The van der Waals surface area contributed by atoms with E-state index in [1.54, 1.807) is 30.5 Å². The van der Waals surface area contributed by atoms with Crippen LogP contribution in [0.4, 0.5) is 0 Å². The van der Waals surface area contributed by atoms with Crippen LogP contribution in [0.5, 0.6) is 0 Å². The first-order valence-corrected chi connectivity index (χ1v) is 12.3. The number of nitrogens with one attached hydrogen (secondary N) is 1. The summed E-state index contributed by atoms with van der Waals surface area (Å²) in [5, 5.41) is 13.5. The summed E-state index contributed by atoms with van der Waals surface area (Å²) >= 11 is 25.3. The molecule has 186 valence electrons. The van der Waals surface area contributed by atoms with Crippen LogP contribution in [-0.4, -0.2) is 30.0 Å². The number of benzene rings is 3. The lowest BCUT2D eigenvalue weighted by Crippen LogP contribution is -2.43. The fourth-order valence-electron chi connectivity index (χ4n) is 4.01. The molecule has 0 aliphatic heterocycles. The number of rotatable bonds is 6. The van der Waals surface area contributed by atoms with Gasteiger partial charge < -0.3 is 10.1 Å². The molecule has 0 unspecified atom stereocenters. The molecule has 0 aliphatic rings. The highest BCUT2D eigenvalue weighted by molar-refractivity contribution is 6.40. The van der Waals surface area contributed by atoms with E-state index in [0.717, 1.165) is 5.39 Å². The Morgan fingerprint density at radius 1 is 1.00 bits per heavy atom. The average molecular weight is 573 g/mol. The van der Waals surface area contributed by atoms with Crippen molar-refractivity contribution in [1.82, 2.24) is 10.3 Å². The Labute approximate surface area is 232 Å². The summed E-state index contributed by atoms with van der Waals surface area (Å²) in [6.07, 6.45) is 1.72. The van der Waals surface area contributed by atoms with Crippen LogP contribution >= 0.6 is 46.4 Å². The molecule has 1 amide bonds. The zero-order chi connectivity index (χ0) is 26.7. The van der Waals surface area contributed by atoms with Gasteiger partial charge in [0.15, 0.2) is 0 Å². The van der Waals surface area contributed by atoms with Gasteiger partial charge in [0.05, 0.1) is 49.9 Å². The summed E-state index contributed by atoms with van der Waals surface area (Å²) < 4.78 is 4.94. The molecule has 6 nitrogen and oxygen atoms in total. The number of fused-ring (bicyclic) bond motifs is 1. The Kier molecular flexibility index (Phi) is 8.21. The van der Waals surface area contributed by atoms with Gasteiger partial charge in [-0.25, -0.2) is 4.79 Å². The van der Waals surface area contributed by atoms with E-state index < -0.39 is 17.9 Å². The molecular weight excluding hydrogens is 556 g/mol. The van der Waals surface area contributed by atoms with E-state index in [-0.39, 0.29) is 22.0 Å². The minimum Gasteiger partial charge on any atom is -0.467 e. The Morgan fingerprint density at radius 3 is 2.30 bits per heavy atom. The predicted octanol–water partition coefficient (Wildman–Crippen LogP) is 6.90. The number of aromatic nitrogens is 1. The van der Waals surface area contributed by atoms with E-state index in [0.29, 0.717) is 37.8 Å². The van der Waals surface area contributed by atoms with Crippen molar-refractivity contribution in [1.29, 1.82) is 5.26 Å². The zero-order valence-electron chi connectivity index (χ0n) is 19.2. The Hall–Kier alpha value is -3.34. The molecular formula is C27H17Cl4N3O3. The molecule has 3 aromatic carbocycles. The monoisotopic (exact) mass is 571 g/mol. The maximum absolute atomic E-state index is 13.0. The van der Waals surface area contributed by atoms with Gasteiger partial charge in [-0.2, -0.15) is 5.26 Å². The lowest BCUT2D eigenvalue weighted by Gasteiger charge is -2.19. The van der Waals surface area contributed by atoms with Crippen molar-refractivity contribution in [2.75, 3.05) is 7.11 Å². The molecule has 4 rings (SSSR count). The van der Waals surface area contributed by atoms with E-state index in [1.807, 2.05) is 12.1 Å². The van der Waals surface area contributed by atoms with E-state index in [9.17, 15) is 14.9 Å². The third-order valence-electron chi connectivity index (χ3n) is 5.71. The first kappa shape index (κ1) is 26.7. The number of ether oxygens (including phenoxy) is 1. The van der Waals surface area contributed by atoms with Crippen LogP contribution in [0.1, 0.15) is 21.5 Å². The van der Waals surface area contributed by atoms with Gasteiger partial charge in [0.1, 0.15) is 6.04 Å². The Balaban J connectivity index is 1.75. The maximum Gasteiger partial charge on any atom is 0.328 e. The van der Waals surface area contributed by atoms with E-state index in [4.69, 9.17) is 51.1 Å². The van der Waals surface area contributed by atoms with Gasteiger partial charge in [0, 0.05) is 29.1 Å². The lowest BCUT2D eigenvalue weighted by molar-refractivity contribution is -0.142. The summed E-state index contributed by atoms with van der Waals surface area (Å²) in [6.45, 7) is 0. The van der Waals surface area contributed by atoms with Crippen molar-refractivity contribution in [3.05, 3.63) is 97.6 Å². The zero-order valence-corrected chi connectivity index (χ0v) is 22.2. The molecule has 0 bridgehead atoms. The van der Waals surface area contributed by atoms with Crippen LogP contribution in [0.25, 0.3) is 22.0 Å². The topological polar surface area (TPSA) is 92.1 Å². The van der Waals surface area contributed by atoms with Gasteiger partial charge in [0.2, 0.25) is 0 Å². The molecule has 4 aromatic rings. The summed E-state index contributed by atoms with van der Waals surface area (Å²) in [4.78, 5) is 30.2. The third-order valence-corrected chi connectivity index (χ3v) is 6.93. The predicted molar refractivity (Wildman–Crippen MR) is 145 cm³/mol. The van der Waals surface area contributed by atoms with Crippen LogP contribution < -0.4 is 5.32 Å². The van der Waals surface area contributed by atoms with Crippen LogP contribution in [-0.2, 0) is 16.0 Å². The number of halogens is 4. The number of hydrogen-bond donors (Lipinski definition) is 1. The van der Waals surface area contributed by atoms with E-state index >= 15 is 0 Å². The number of nitriles is 1. The molecule has 1 atom stereocenters. The quantitative estimate of drug-likeness (QED) is 0.254. The second-order valence-electron chi connectivity index (χ2n) is 7.95. The van der Waals surface area contributed by atoms with Crippen LogP contribution in [0.3, 0.4) is 0 Å². The molecule has 0 spiro atoms. The maximum atomic E-state index is 13.0. The first-order valence-electron chi connectivity index (χ1n) is 10.8.